The Morgan fingerprint density at radius 2 is 2.00 bits per heavy atom. The maximum Gasteiger partial charge on any atom is 0.224 e. The Hall–Kier alpha value is -2.75. The average molecular weight is 316 g/mol. The summed E-state index contributed by atoms with van der Waals surface area (Å²) in [6.45, 7) is 0. The van der Waals surface area contributed by atoms with Crippen molar-refractivity contribution < 1.29 is 13.5 Å². The number of rotatable bonds is 4. The Bertz CT molecular complexity index is 727. The van der Waals surface area contributed by atoms with Crippen molar-refractivity contribution in [2.75, 3.05) is 5.32 Å². The molecule has 0 unspecified atom stereocenters. The monoisotopic (exact) mass is 316 g/mol. The van der Waals surface area contributed by atoms with Gasteiger partial charge in [-0.05, 0) is 25.3 Å². The van der Waals surface area contributed by atoms with Gasteiger partial charge in [-0.3, -0.25) is 0 Å². The summed E-state index contributed by atoms with van der Waals surface area (Å²) in [6, 6.07) is 6.50. The number of hydrogen-bond acceptors (Lipinski definition) is 5. The summed E-state index contributed by atoms with van der Waals surface area (Å²) in [5.74, 6) is -0.844. The molecule has 1 aromatic carbocycles. The summed E-state index contributed by atoms with van der Waals surface area (Å²) < 4.78 is 32.2. The lowest BCUT2D eigenvalue weighted by molar-refractivity contribution is 0.196. The quantitative estimate of drug-likeness (QED) is 0.939. The molecule has 1 aliphatic rings. The second-order valence-corrected chi connectivity index (χ2v) is 5.32. The van der Waals surface area contributed by atoms with Gasteiger partial charge in [0, 0.05) is 24.4 Å². The highest BCUT2D eigenvalue weighted by atomic mass is 19.1. The van der Waals surface area contributed by atoms with E-state index in [9.17, 15) is 8.78 Å². The van der Waals surface area contributed by atoms with E-state index in [1.807, 2.05) is 6.07 Å². The lowest BCUT2D eigenvalue weighted by Crippen LogP contribution is -2.33. The minimum Gasteiger partial charge on any atom is -0.488 e. The van der Waals surface area contributed by atoms with Gasteiger partial charge in [0.1, 0.15) is 35.3 Å². The third kappa shape index (κ3) is 3.72. The molecule has 2 aromatic rings. The van der Waals surface area contributed by atoms with Gasteiger partial charge in [-0.25, -0.2) is 18.7 Å². The molecule has 0 radical (unpaired) electrons. The lowest BCUT2D eigenvalue weighted by atomic mass is 10.2. The molecular formula is C16H14F2N4O. The minimum absolute atomic E-state index is 0.0877. The first-order valence-corrected chi connectivity index (χ1v) is 7.26. The first-order valence-electron chi connectivity index (χ1n) is 7.26. The number of aromatic nitrogens is 2. The van der Waals surface area contributed by atoms with E-state index in [0.29, 0.717) is 5.95 Å². The van der Waals surface area contributed by atoms with E-state index in [4.69, 9.17) is 10.00 Å². The fraction of sp³-hybridized carbons (Fsp3) is 0.312. The summed E-state index contributed by atoms with van der Waals surface area (Å²) >= 11 is 0. The highest BCUT2D eigenvalue weighted by Crippen LogP contribution is 2.27. The fourth-order valence-electron chi connectivity index (χ4n) is 2.66. The third-order valence-corrected chi connectivity index (χ3v) is 3.66. The van der Waals surface area contributed by atoms with Gasteiger partial charge >= 0.3 is 0 Å². The summed E-state index contributed by atoms with van der Waals surface area (Å²) in [6.07, 6.45) is 3.75. The van der Waals surface area contributed by atoms with E-state index >= 15 is 0 Å². The highest BCUT2D eigenvalue weighted by molar-refractivity contribution is 5.32. The molecule has 1 saturated carbocycles. The first-order chi connectivity index (χ1) is 11.1. The molecule has 0 spiro atoms. The number of benzene rings is 1. The van der Waals surface area contributed by atoms with Crippen LogP contribution in [0.1, 0.15) is 25.0 Å². The van der Waals surface area contributed by atoms with Crippen LogP contribution in [-0.2, 0) is 0 Å². The van der Waals surface area contributed by atoms with E-state index in [0.717, 1.165) is 37.5 Å². The molecule has 3 rings (SSSR count). The standard InChI is InChI=1S/C16H14F2N4O/c17-10-6-11(18)8-13(7-10)23-15-3-1-2-14(15)22-16-20-5-4-12(9-19)21-16/h4-8,14-15H,1-3H2,(H,20,21,22)/t14-,15+/m0/s1. The number of nitrogens with one attached hydrogen (secondary N) is 1. The Balaban J connectivity index is 1.71. The molecule has 1 aliphatic carbocycles. The first kappa shape index (κ1) is 15.2. The molecule has 0 bridgehead atoms. The van der Waals surface area contributed by atoms with E-state index in [-0.39, 0.29) is 23.6 Å². The molecule has 23 heavy (non-hydrogen) atoms. The number of halogens is 2. The number of nitriles is 1. The molecule has 1 N–H and O–H groups in total. The highest BCUT2D eigenvalue weighted by Gasteiger charge is 2.30. The fourth-order valence-corrected chi connectivity index (χ4v) is 2.66. The van der Waals surface area contributed by atoms with Crippen molar-refractivity contribution in [3.63, 3.8) is 0 Å². The van der Waals surface area contributed by atoms with Crippen LogP contribution in [0, 0.1) is 23.0 Å². The summed E-state index contributed by atoms with van der Waals surface area (Å²) in [5.41, 5.74) is 0.269. The zero-order valence-electron chi connectivity index (χ0n) is 12.2. The topological polar surface area (TPSA) is 70.8 Å². The van der Waals surface area contributed by atoms with Crippen LogP contribution in [0.15, 0.2) is 30.5 Å². The molecular weight excluding hydrogens is 302 g/mol. The molecule has 0 amide bonds. The molecule has 1 heterocycles. The molecule has 5 nitrogen and oxygen atoms in total. The van der Waals surface area contributed by atoms with Crippen LogP contribution >= 0.6 is 0 Å². The SMILES string of the molecule is N#Cc1ccnc(N[C@H]2CCC[C@H]2Oc2cc(F)cc(F)c2)n1. The van der Waals surface area contributed by atoms with Crippen LogP contribution < -0.4 is 10.1 Å². The minimum atomic E-state index is -0.674. The second kappa shape index (κ2) is 6.57. The molecule has 0 aliphatic heterocycles. The van der Waals surface area contributed by atoms with Crippen molar-refractivity contribution in [3.05, 3.63) is 47.8 Å². The Morgan fingerprint density at radius 1 is 1.22 bits per heavy atom. The van der Waals surface area contributed by atoms with Crippen LogP contribution in [0.4, 0.5) is 14.7 Å². The van der Waals surface area contributed by atoms with E-state index in [2.05, 4.69) is 15.3 Å². The summed E-state index contributed by atoms with van der Waals surface area (Å²) in [5, 5.41) is 12.0. The maximum atomic E-state index is 13.2. The summed E-state index contributed by atoms with van der Waals surface area (Å²) in [4.78, 5) is 8.14. The van der Waals surface area contributed by atoms with E-state index in [1.54, 1.807) is 0 Å². The van der Waals surface area contributed by atoms with Crippen LogP contribution in [0.25, 0.3) is 0 Å². The van der Waals surface area contributed by atoms with Crippen molar-refractivity contribution in [1.82, 2.24) is 9.97 Å². The van der Waals surface area contributed by atoms with Crippen molar-refractivity contribution in [2.45, 2.75) is 31.4 Å². The lowest BCUT2D eigenvalue weighted by Gasteiger charge is -2.22. The van der Waals surface area contributed by atoms with Gasteiger partial charge in [0.2, 0.25) is 5.95 Å². The average Bonchev–Trinajstić information content (AvgIpc) is 2.93. The number of anilines is 1. The van der Waals surface area contributed by atoms with Crippen LogP contribution in [0.2, 0.25) is 0 Å². The van der Waals surface area contributed by atoms with Crippen LogP contribution in [-0.4, -0.2) is 22.1 Å². The van der Waals surface area contributed by atoms with Crippen LogP contribution in [0.3, 0.4) is 0 Å². The van der Waals surface area contributed by atoms with Crippen molar-refractivity contribution in [2.24, 2.45) is 0 Å². The zero-order valence-corrected chi connectivity index (χ0v) is 12.2. The second-order valence-electron chi connectivity index (χ2n) is 5.32. The maximum absolute atomic E-state index is 13.2. The van der Waals surface area contributed by atoms with Gasteiger partial charge in [0.25, 0.3) is 0 Å². The Labute approximate surface area is 131 Å². The van der Waals surface area contributed by atoms with Gasteiger partial charge < -0.3 is 10.1 Å². The molecule has 7 heteroatoms. The summed E-state index contributed by atoms with van der Waals surface area (Å²) in [7, 11) is 0. The van der Waals surface area contributed by atoms with Gasteiger partial charge in [0.15, 0.2) is 0 Å². The van der Waals surface area contributed by atoms with E-state index < -0.39 is 11.6 Å². The Morgan fingerprint density at radius 3 is 2.74 bits per heavy atom. The molecule has 0 saturated heterocycles. The molecule has 1 fully saturated rings. The largest absolute Gasteiger partial charge is 0.488 e. The predicted molar refractivity (Wildman–Crippen MR) is 78.8 cm³/mol. The molecule has 118 valence electrons. The van der Waals surface area contributed by atoms with Crippen molar-refractivity contribution >= 4 is 5.95 Å². The normalized spacial score (nSPS) is 20.0. The molecule has 1 aromatic heterocycles. The molecule has 2 atom stereocenters. The number of hydrogen-bond donors (Lipinski definition) is 1. The van der Waals surface area contributed by atoms with Gasteiger partial charge in [-0.1, -0.05) is 0 Å². The van der Waals surface area contributed by atoms with Gasteiger partial charge in [-0.2, -0.15) is 5.26 Å². The number of nitrogens with zero attached hydrogens (tertiary/aromatic N) is 3. The van der Waals surface area contributed by atoms with Gasteiger partial charge in [-0.15, -0.1) is 0 Å². The van der Waals surface area contributed by atoms with Crippen LogP contribution in [0.5, 0.6) is 5.75 Å². The van der Waals surface area contributed by atoms with Gasteiger partial charge in [0.05, 0.1) is 6.04 Å². The zero-order chi connectivity index (χ0) is 16.2. The smallest absolute Gasteiger partial charge is 0.224 e. The third-order valence-electron chi connectivity index (χ3n) is 3.66. The predicted octanol–water partition coefficient (Wildman–Crippen LogP) is 3.04. The van der Waals surface area contributed by atoms with Crippen molar-refractivity contribution in [3.8, 4) is 11.8 Å². The number of ether oxygens (including phenoxy) is 1. The van der Waals surface area contributed by atoms with E-state index in [1.165, 1.54) is 12.3 Å². The Kier molecular flexibility index (Phi) is 4.33. The van der Waals surface area contributed by atoms with Crippen molar-refractivity contribution in [1.29, 1.82) is 5.26 Å².